The van der Waals surface area contributed by atoms with Gasteiger partial charge in [-0.1, -0.05) is 76.3 Å². The maximum Gasteiger partial charge on any atom is 0.339 e. The predicted molar refractivity (Wildman–Crippen MR) is 104 cm³/mol. The van der Waals surface area contributed by atoms with Crippen molar-refractivity contribution in [1.29, 1.82) is 0 Å². The van der Waals surface area contributed by atoms with Crippen molar-refractivity contribution in [2.24, 2.45) is 5.92 Å². The smallest absolute Gasteiger partial charge is 0.339 e. The highest BCUT2D eigenvalue weighted by molar-refractivity contribution is 6.12. The van der Waals surface area contributed by atoms with Crippen molar-refractivity contribution < 1.29 is 19.4 Å². The number of aromatic carboxylic acids is 1. The van der Waals surface area contributed by atoms with Gasteiger partial charge in [0.25, 0.3) is 0 Å². The van der Waals surface area contributed by atoms with Crippen LogP contribution in [0.5, 0.6) is 0 Å². The average Bonchev–Trinajstić information content (AvgIpc) is 2.66. The van der Waals surface area contributed by atoms with E-state index in [9.17, 15) is 14.7 Å². The molecule has 2 rings (SSSR count). The molecule has 0 bridgehead atoms. The van der Waals surface area contributed by atoms with Crippen LogP contribution >= 0.6 is 0 Å². The zero-order chi connectivity index (χ0) is 18.9. The van der Waals surface area contributed by atoms with Gasteiger partial charge in [-0.2, -0.15) is 0 Å². The minimum absolute atomic E-state index is 0.00954. The van der Waals surface area contributed by atoms with Gasteiger partial charge in [0.1, 0.15) is 0 Å². The summed E-state index contributed by atoms with van der Waals surface area (Å²) in [6.45, 7) is 4.62. The molecule has 2 aromatic rings. The monoisotopic (exact) mass is 356 g/mol. The minimum Gasteiger partial charge on any atom is -0.478 e. The highest BCUT2D eigenvalue weighted by Gasteiger charge is 2.22. The second-order valence-corrected chi connectivity index (χ2v) is 6.74. The zero-order valence-corrected chi connectivity index (χ0v) is 15.7. The summed E-state index contributed by atoms with van der Waals surface area (Å²) in [4.78, 5) is 24.3. The maximum absolute atomic E-state index is 12.7. The number of carboxylic acids is 1. The van der Waals surface area contributed by atoms with Crippen LogP contribution in [-0.4, -0.2) is 23.7 Å². The van der Waals surface area contributed by atoms with E-state index >= 15 is 0 Å². The maximum atomic E-state index is 12.7. The Morgan fingerprint density at radius 1 is 1.04 bits per heavy atom. The minimum atomic E-state index is -1.12. The molecule has 26 heavy (non-hydrogen) atoms. The molecule has 2 aromatic carbocycles. The Hall–Kier alpha value is -2.36. The van der Waals surface area contributed by atoms with Crippen molar-refractivity contribution in [3.63, 3.8) is 0 Å². The summed E-state index contributed by atoms with van der Waals surface area (Å²) in [5.41, 5.74) is 0.140. The molecule has 1 atom stereocenters. The van der Waals surface area contributed by atoms with Crippen LogP contribution < -0.4 is 0 Å². The summed E-state index contributed by atoms with van der Waals surface area (Å²) in [5.74, 6) is -1.35. The molecule has 0 aliphatic heterocycles. The Morgan fingerprint density at radius 2 is 1.81 bits per heavy atom. The second-order valence-electron chi connectivity index (χ2n) is 6.74. The number of fused-ring (bicyclic) bond motifs is 1. The molecule has 4 nitrogen and oxygen atoms in total. The summed E-state index contributed by atoms with van der Waals surface area (Å²) in [6.07, 6.45) is 6.75. The quantitative estimate of drug-likeness (QED) is 0.439. The van der Waals surface area contributed by atoms with Crippen LogP contribution in [-0.2, 0) is 4.74 Å². The van der Waals surface area contributed by atoms with Gasteiger partial charge >= 0.3 is 11.9 Å². The molecule has 1 unspecified atom stereocenters. The third kappa shape index (κ3) is 5.07. The van der Waals surface area contributed by atoms with Gasteiger partial charge in [0.15, 0.2) is 0 Å². The zero-order valence-electron chi connectivity index (χ0n) is 15.7. The molecule has 0 fully saturated rings. The van der Waals surface area contributed by atoms with E-state index in [2.05, 4.69) is 13.8 Å². The molecule has 1 N–H and O–H groups in total. The second kappa shape index (κ2) is 9.95. The van der Waals surface area contributed by atoms with Crippen LogP contribution in [0.15, 0.2) is 36.4 Å². The number of rotatable bonds is 10. The number of ether oxygens (including phenoxy) is 1. The summed E-state index contributed by atoms with van der Waals surface area (Å²) in [6, 6.07) is 10.5. The summed E-state index contributed by atoms with van der Waals surface area (Å²) in [5, 5.41) is 10.9. The van der Waals surface area contributed by atoms with Gasteiger partial charge in [-0.3, -0.25) is 0 Å². The van der Waals surface area contributed by atoms with Gasteiger partial charge in [-0.25, -0.2) is 9.59 Å². The van der Waals surface area contributed by atoms with Gasteiger partial charge < -0.3 is 9.84 Å². The lowest BCUT2D eigenvalue weighted by Crippen LogP contribution is -2.17. The van der Waals surface area contributed by atoms with E-state index in [1.807, 2.05) is 12.1 Å². The van der Waals surface area contributed by atoms with Gasteiger partial charge in [0.2, 0.25) is 0 Å². The topological polar surface area (TPSA) is 63.6 Å². The van der Waals surface area contributed by atoms with E-state index in [4.69, 9.17) is 4.74 Å². The van der Waals surface area contributed by atoms with E-state index in [1.165, 1.54) is 25.3 Å². The van der Waals surface area contributed by atoms with Crippen LogP contribution in [0.4, 0.5) is 0 Å². The lowest BCUT2D eigenvalue weighted by molar-refractivity contribution is 0.0422. The fraction of sp³-hybridized carbons (Fsp3) is 0.455. The number of hydrogen-bond donors (Lipinski definition) is 1. The number of esters is 1. The Bertz CT molecular complexity index is 751. The first-order valence-corrected chi connectivity index (χ1v) is 9.50. The van der Waals surface area contributed by atoms with Crippen LogP contribution in [0.3, 0.4) is 0 Å². The van der Waals surface area contributed by atoms with E-state index in [0.29, 0.717) is 17.9 Å². The van der Waals surface area contributed by atoms with E-state index in [1.54, 1.807) is 18.2 Å². The normalized spacial score (nSPS) is 12.1. The summed E-state index contributed by atoms with van der Waals surface area (Å²) >= 11 is 0. The number of carboxylic acid groups (broad SMARTS) is 1. The fourth-order valence-electron chi connectivity index (χ4n) is 3.20. The lowest BCUT2D eigenvalue weighted by Gasteiger charge is -2.16. The lowest BCUT2D eigenvalue weighted by atomic mass is 9.98. The molecule has 0 saturated heterocycles. The molecule has 0 saturated carbocycles. The molecular formula is C22H28O4. The largest absolute Gasteiger partial charge is 0.478 e. The van der Waals surface area contributed by atoms with Crippen LogP contribution in [0.2, 0.25) is 0 Å². The first-order chi connectivity index (χ1) is 12.6. The Balaban J connectivity index is 2.13. The van der Waals surface area contributed by atoms with Crippen molar-refractivity contribution >= 4 is 22.7 Å². The first kappa shape index (κ1) is 20.0. The number of carbonyl (C=O) groups is 2. The molecule has 4 heteroatoms. The van der Waals surface area contributed by atoms with Crippen LogP contribution in [0.1, 0.15) is 73.1 Å². The molecule has 0 aliphatic carbocycles. The van der Waals surface area contributed by atoms with Gasteiger partial charge in [0, 0.05) is 0 Å². The van der Waals surface area contributed by atoms with Crippen molar-refractivity contribution in [2.75, 3.05) is 6.61 Å². The van der Waals surface area contributed by atoms with Crippen LogP contribution in [0, 0.1) is 5.92 Å². The van der Waals surface area contributed by atoms with Gasteiger partial charge in [-0.15, -0.1) is 0 Å². The molecule has 0 aromatic heterocycles. The van der Waals surface area contributed by atoms with Gasteiger partial charge in [-0.05, 0) is 29.2 Å². The average molecular weight is 356 g/mol. The number of carbonyl (C=O) groups excluding carboxylic acids is 1. The highest BCUT2D eigenvalue weighted by Crippen LogP contribution is 2.24. The Labute approximate surface area is 155 Å². The first-order valence-electron chi connectivity index (χ1n) is 9.50. The van der Waals surface area contributed by atoms with Crippen molar-refractivity contribution in [3.05, 3.63) is 47.5 Å². The highest BCUT2D eigenvalue weighted by atomic mass is 16.5. The van der Waals surface area contributed by atoms with Crippen LogP contribution in [0.25, 0.3) is 10.8 Å². The van der Waals surface area contributed by atoms with E-state index in [-0.39, 0.29) is 11.1 Å². The SMILES string of the molecule is CCCCCCC(CC)COC(=O)c1c(C(=O)O)ccc2ccccc12. The predicted octanol–water partition coefficient (Wildman–Crippen LogP) is 5.69. The van der Waals surface area contributed by atoms with E-state index in [0.717, 1.165) is 24.6 Å². The molecule has 0 amide bonds. The Morgan fingerprint density at radius 3 is 2.50 bits per heavy atom. The summed E-state index contributed by atoms with van der Waals surface area (Å²) in [7, 11) is 0. The molecule has 140 valence electrons. The third-order valence-electron chi connectivity index (χ3n) is 4.86. The molecule has 0 heterocycles. The Kier molecular flexibility index (Phi) is 7.64. The van der Waals surface area contributed by atoms with Crippen molar-refractivity contribution in [3.8, 4) is 0 Å². The molecule has 0 radical (unpaired) electrons. The third-order valence-corrected chi connectivity index (χ3v) is 4.86. The van der Waals surface area contributed by atoms with E-state index < -0.39 is 11.9 Å². The van der Waals surface area contributed by atoms with Crippen molar-refractivity contribution in [1.82, 2.24) is 0 Å². The number of hydrogen-bond acceptors (Lipinski definition) is 3. The molecule has 0 aliphatic rings. The van der Waals surface area contributed by atoms with Crippen molar-refractivity contribution in [2.45, 2.75) is 52.4 Å². The molecular weight excluding hydrogens is 328 g/mol. The molecule has 0 spiro atoms. The summed E-state index contributed by atoms with van der Waals surface area (Å²) < 4.78 is 5.53. The number of benzene rings is 2. The van der Waals surface area contributed by atoms with Gasteiger partial charge in [0.05, 0.1) is 17.7 Å². The fourth-order valence-corrected chi connectivity index (χ4v) is 3.20. The standard InChI is InChI=1S/C22H28O4/c1-3-5-6-7-10-16(4-2)15-26-22(25)20-18-12-9-8-11-17(18)13-14-19(20)21(23)24/h8-9,11-14,16H,3-7,10,15H2,1-2H3,(H,23,24). The number of unbranched alkanes of at least 4 members (excludes halogenated alkanes) is 3.